The van der Waals surface area contributed by atoms with Gasteiger partial charge in [-0.05, 0) is 40.9 Å². The van der Waals surface area contributed by atoms with Crippen LogP contribution < -0.4 is 5.73 Å². The van der Waals surface area contributed by atoms with Crippen molar-refractivity contribution in [3.05, 3.63) is 34.2 Å². The molecular weight excluding hydrogens is 271 g/mol. The van der Waals surface area contributed by atoms with Crippen molar-refractivity contribution in [2.75, 3.05) is 5.73 Å². The van der Waals surface area contributed by atoms with Gasteiger partial charge in [-0.1, -0.05) is 0 Å². The van der Waals surface area contributed by atoms with Crippen LogP contribution in [0.2, 0.25) is 0 Å². The highest BCUT2D eigenvalue weighted by atomic mass is 79.9. The van der Waals surface area contributed by atoms with Gasteiger partial charge in [0.2, 0.25) is 0 Å². The van der Waals surface area contributed by atoms with Gasteiger partial charge in [-0.3, -0.25) is 4.98 Å². The SMILES string of the molecule is Nc1cc(C2CC2)nc2cc(F)c(Br)cc12. The van der Waals surface area contributed by atoms with Crippen LogP contribution in [0.1, 0.15) is 24.5 Å². The van der Waals surface area contributed by atoms with Crippen molar-refractivity contribution in [2.24, 2.45) is 0 Å². The summed E-state index contributed by atoms with van der Waals surface area (Å²) in [7, 11) is 0. The van der Waals surface area contributed by atoms with E-state index in [-0.39, 0.29) is 5.82 Å². The van der Waals surface area contributed by atoms with Crippen molar-refractivity contribution in [3.63, 3.8) is 0 Å². The Morgan fingerprint density at radius 1 is 1.31 bits per heavy atom. The standard InChI is InChI=1S/C12H10BrFN2/c13-8-3-7-10(15)5-11(6-1-2-6)16-12(7)4-9(8)14/h3-6H,1-2H2,(H2,15,16). The summed E-state index contributed by atoms with van der Waals surface area (Å²) in [6.07, 6.45) is 2.33. The molecule has 1 fully saturated rings. The Morgan fingerprint density at radius 3 is 2.75 bits per heavy atom. The minimum atomic E-state index is -0.299. The summed E-state index contributed by atoms with van der Waals surface area (Å²) < 4.78 is 13.8. The molecular formula is C12H10BrFN2. The Bertz CT molecular complexity index is 579. The molecule has 1 aromatic carbocycles. The van der Waals surface area contributed by atoms with E-state index in [4.69, 9.17) is 5.73 Å². The third-order valence-corrected chi connectivity index (χ3v) is 3.51. The van der Waals surface area contributed by atoms with Crippen LogP contribution in [0.15, 0.2) is 22.7 Å². The fourth-order valence-corrected chi connectivity index (χ4v) is 2.20. The van der Waals surface area contributed by atoms with Crippen molar-refractivity contribution in [3.8, 4) is 0 Å². The van der Waals surface area contributed by atoms with E-state index in [1.165, 1.54) is 6.07 Å². The normalized spacial score (nSPS) is 15.6. The van der Waals surface area contributed by atoms with Gasteiger partial charge in [-0.25, -0.2) is 4.39 Å². The number of halogens is 2. The Labute approximate surface area is 101 Å². The molecule has 4 heteroatoms. The highest BCUT2D eigenvalue weighted by Gasteiger charge is 2.25. The summed E-state index contributed by atoms with van der Waals surface area (Å²) in [5, 5.41) is 0.803. The molecule has 3 rings (SSSR count). The van der Waals surface area contributed by atoms with Crippen molar-refractivity contribution in [1.29, 1.82) is 0 Å². The van der Waals surface area contributed by atoms with Crippen LogP contribution in [0.4, 0.5) is 10.1 Å². The van der Waals surface area contributed by atoms with Crippen LogP contribution in [0.3, 0.4) is 0 Å². The van der Waals surface area contributed by atoms with Crippen molar-refractivity contribution >= 4 is 32.5 Å². The first-order valence-corrected chi connectivity index (χ1v) is 5.99. The zero-order valence-corrected chi connectivity index (χ0v) is 10.1. The minimum Gasteiger partial charge on any atom is -0.398 e. The number of benzene rings is 1. The fourth-order valence-electron chi connectivity index (χ4n) is 1.86. The number of hydrogen-bond acceptors (Lipinski definition) is 2. The molecule has 16 heavy (non-hydrogen) atoms. The summed E-state index contributed by atoms with van der Waals surface area (Å²) in [5.74, 6) is 0.228. The average Bonchev–Trinajstić information content (AvgIpc) is 3.04. The van der Waals surface area contributed by atoms with Crippen LogP contribution in [0, 0.1) is 5.82 Å². The average molecular weight is 281 g/mol. The van der Waals surface area contributed by atoms with E-state index in [1.807, 2.05) is 6.07 Å². The van der Waals surface area contributed by atoms with Gasteiger partial charge in [0, 0.05) is 28.8 Å². The first-order chi connectivity index (χ1) is 7.65. The molecule has 0 amide bonds. The Balaban J connectivity index is 2.28. The third kappa shape index (κ3) is 1.57. The predicted molar refractivity (Wildman–Crippen MR) is 65.8 cm³/mol. The maximum Gasteiger partial charge on any atom is 0.139 e. The van der Waals surface area contributed by atoms with Crippen LogP contribution >= 0.6 is 15.9 Å². The number of hydrogen-bond donors (Lipinski definition) is 1. The van der Waals surface area contributed by atoms with Crippen LogP contribution in [0.5, 0.6) is 0 Å². The van der Waals surface area contributed by atoms with Gasteiger partial charge in [0.15, 0.2) is 0 Å². The van der Waals surface area contributed by atoms with Crippen LogP contribution in [0.25, 0.3) is 10.9 Å². The molecule has 0 radical (unpaired) electrons. The van der Waals surface area contributed by atoms with E-state index < -0.39 is 0 Å². The van der Waals surface area contributed by atoms with Gasteiger partial charge in [-0.2, -0.15) is 0 Å². The minimum absolute atomic E-state index is 0.299. The van der Waals surface area contributed by atoms with Gasteiger partial charge in [0.1, 0.15) is 5.82 Å². The molecule has 1 saturated carbocycles. The van der Waals surface area contributed by atoms with E-state index in [1.54, 1.807) is 6.07 Å². The molecule has 2 aromatic rings. The maximum absolute atomic E-state index is 13.4. The summed E-state index contributed by atoms with van der Waals surface area (Å²) in [6, 6.07) is 5.02. The molecule has 82 valence electrons. The second-order valence-electron chi connectivity index (χ2n) is 4.19. The molecule has 2 nitrogen and oxygen atoms in total. The van der Waals surface area contributed by atoms with E-state index in [0.717, 1.165) is 23.9 Å². The Morgan fingerprint density at radius 2 is 2.06 bits per heavy atom. The lowest BCUT2D eigenvalue weighted by Gasteiger charge is -2.06. The van der Waals surface area contributed by atoms with Crippen LogP contribution in [-0.2, 0) is 0 Å². The van der Waals surface area contributed by atoms with Gasteiger partial charge < -0.3 is 5.73 Å². The molecule has 1 heterocycles. The zero-order chi connectivity index (χ0) is 11.3. The summed E-state index contributed by atoms with van der Waals surface area (Å²) in [6.45, 7) is 0. The molecule has 2 N–H and O–H groups in total. The van der Waals surface area contributed by atoms with E-state index >= 15 is 0 Å². The Kier molecular flexibility index (Phi) is 2.14. The first-order valence-electron chi connectivity index (χ1n) is 5.20. The van der Waals surface area contributed by atoms with Gasteiger partial charge in [0.25, 0.3) is 0 Å². The van der Waals surface area contributed by atoms with E-state index in [9.17, 15) is 4.39 Å². The van der Waals surface area contributed by atoms with Gasteiger partial charge >= 0.3 is 0 Å². The molecule has 1 aromatic heterocycles. The number of nitrogen functional groups attached to an aromatic ring is 1. The maximum atomic E-state index is 13.4. The van der Waals surface area contributed by atoms with Crippen LogP contribution in [-0.4, -0.2) is 4.98 Å². The number of anilines is 1. The molecule has 0 atom stereocenters. The van der Waals surface area contributed by atoms with Crippen molar-refractivity contribution in [2.45, 2.75) is 18.8 Å². The Hall–Kier alpha value is -1.16. The molecule has 1 aliphatic carbocycles. The fraction of sp³-hybridized carbons (Fsp3) is 0.250. The van der Waals surface area contributed by atoms with Crippen molar-refractivity contribution < 1.29 is 4.39 Å². The molecule has 0 bridgehead atoms. The predicted octanol–water partition coefficient (Wildman–Crippen LogP) is 3.60. The molecule has 0 saturated heterocycles. The summed E-state index contributed by atoms with van der Waals surface area (Å²) >= 11 is 3.15. The highest BCUT2D eigenvalue weighted by molar-refractivity contribution is 9.10. The monoisotopic (exact) mass is 280 g/mol. The summed E-state index contributed by atoms with van der Waals surface area (Å²) in [5.41, 5.74) is 8.27. The lowest BCUT2D eigenvalue weighted by atomic mass is 10.1. The quantitative estimate of drug-likeness (QED) is 0.867. The van der Waals surface area contributed by atoms with Gasteiger partial charge in [-0.15, -0.1) is 0 Å². The zero-order valence-electron chi connectivity index (χ0n) is 8.50. The lowest BCUT2D eigenvalue weighted by Crippen LogP contribution is -1.95. The largest absolute Gasteiger partial charge is 0.398 e. The van der Waals surface area contributed by atoms with Gasteiger partial charge in [0.05, 0.1) is 9.99 Å². The third-order valence-electron chi connectivity index (χ3n) is 2.90. The molecule has 1 aliphatic rings. The first kappa shape index (κ1) is 10.0. The molecule has 0 spiro atoms. The number of aromatic nitrogens is 1. The highest BCUT2D eigenvalue weighted by Crippen LogP contribution is 2.41. The number of nitrogens with two attached hydrogens (primary N) is 1. The number of rotatable bonds is 1. The number of pyridine rings is 1. The number of fused-ring (bicyclic) bond motifs is 1. The molecule has 0 unspecified atom stereocenters. The topological polar surface area (TPSA) is 38.9 Å². The summed E-state index contributed by atoms with van der Waals surface area (Å²) in [4.78, 5) is 4.46. The van der Waals surface area contributed by atoms with Crippen molar-refractivity contribution in [1.82, 2.24) is 4.98 Å². The number of nitrogens with zero attached hydrogens (tertiary/aromatic N) is 1. The molecule has 0 aliphatic heterocycles. The second kappa shape index (κ2) is 3.42. The second-order valence-corrected chi connectivity index (χ2v) is 5.05. The van der Waals surface area contributed by atoms with E-state index in [2.05, 4.69) is 20.9 Å². The lowest BCUT2D eigenvalue weighted by molar-refractivity contribution is 0.622. The smallest absolute Gasteiger partial charge is 0.139 e. The van der Waals surface area contributed by atoms with E-state index in [0.29, 0.717) is 21.6 Å².